The highest BCUT2D eigenvalue weighted by atomic mass is 35.5. The summed E-state index contributed by atoms with van der Waals surface area (Å²) in [6, 6.07) is 13.3. The molecule has 1 saturated heterocycles. The monoisotopic (exact) mass is 402 g/mol. The molecule has 0 N–H and O–H groups in total. The first kappa shape index (κ1) is 20.5. The molecule has 2 aromatic carbocycles. The van der Waals surface area contributed by atoms with Crippen LogP contribution in [0.4, 0.5) is 0 Å². The summed E-state index contributed by atoms with van der Waals surface area (Å²) in [5, 5.41) is 0.756. The fourth-order valence-electron chi connectivity index (χ4n) is 3.37. The van der Waals surface area contributed by atoms with Gasteiger partial charge in [0.25, 0.3) is 5.91 Å². The standard InChI is InChI=1S/C22H27ClN2O3/c1-3-27-20-9-8-18(15-21(20)28-4-2)22(26)25-12-10-24(11-13-25)16-17-6-5-7-19(23)14-17/h5-9,14-15H,3-4,10-13,16H2,1-2H3. The molecule has 0 bridgehead atoms. The molecule has 0 saturated carbocycles. The minimum absolute atomic E-state index is 0.0337. The summed E-state index contributed by atoms with van der Waals surface area (Å²) in [6.45, 7) is 8.87. The van der Waals surface area contributed by atoms with Gasteiger partial charge in [0, 0.05) is 43.3 Å². The SMILES string of the molecule is CCOc1ccc(C(=O)N2CCN(Cc3cccc(Cl)c3)CC2)cc1OCC. The lowest BCUT2D eigenvalue weighted by Gasteiger charge is -2.35. The Hall–Kier alpha value is -2.24. The molecular formula is C22H27ClN2O3. The van der Waals surface area contributed by atoms with Gasteiger partial charge >= 0.3 is 0 Å². The van der Waals surface area contributed by atoms with Crippen LogP contribution >= 0.6 is 11.6 Å². The third-order valence-corrected chi connectivity index (χ3v) is 4.98. The molecule has 0 spiro atoms. The smallest absolute Gasteiger partial charge is 0.254 e. The lowest BCUT2D eigenvalue weighted by Crippen LogP contribution is -2.48. The van der Waals surface area contributed by atoms with Crippen LogP contribution in [0.1, 0.15) is 29.8 Å². The highest BCUT2D eigenvalue weighted by Crippen LogP contribution is 2.29. The third-order valence-electron chi connectivity index (χ3n) is 4.75. The van der Waals surface area contributed by atoms with E-state index in [9.17, 15) is 4.79 Å². The Labute approximate surface area is 171 Å². The van der Waals surface area contributed by atoms with Gasteiger partial charge in [-0.05, 0) is 49.7 Å². The zero-order chi connectivity index (χ0) is 19.9. The van der Waals surface area contributed by atoms with Gasteiger partial charge in [0.05, 0.1) is 13.2 Å². The minimum atomic E-state index is 0.0337. The number of carbonyl (C=O) groups is 1. The molecule has 0 aliphatic carbocycles. The molecule has 150 valence electrons. The van der Waals surface area contributed by atoms with E-state index in [1.165, 1.54) is 5.56 Å². The predicted molar refractivity (Wildman–Crippen MR) is 111 cm³/mol. The summed E-state index contributed by atoms with van der Waals surface area (Å²) < 4.78 is 11.2. The first-order valence-electron chi connectivity index (χ1n) is 9.76. The van der Waals surface area contributed by atoms with Crippen LogP contribution in [0.3, 0.4) is 0 Å². The van der Waals surface area contributed by atoms with E-state index in [4.69, 9.17) is 21.1 Å². The van der Waals surface area contributed by atoms with Gasteiger partial charge in [-0.1, -0.05) is 23.7 Å². The molecule has 1 fully saturated rings. The van der Waals surface area contributed by atoms with Crippen LogP contribution in [0.15, 0.2) is 42.5 Å². The number of benzene rings is 2. The molecule has 1 aliphatic heterocycles. The van der Waals surface area contributed by atoms with Gasteiger partial charge in [-0.25, -0.2) is 0 Å². The molecule has 1 aliphatic rings. The van der Waals surface area contributed by atoms with Crippen molar-refractivity contribution in [3.63, 3.8) is 0 Å². The van der Waals surface area contributed by atoms with Crippen molar-refractivity contribution < 1.29 is 14.3 Å². The van der Waals surface area contributed by atoms with Crippen LogP contribution < -0.4 is 9.47 Å². The molecule has 0 radical (unpaired) electrons. The summed E-state index contributed by atoms with van der Waals surface area (Å²) in [4.78, 5) is 17.2. The number of halogens is 1. The Kier molecular flexibility index (Phi) is 7.18. The summed E-state index contributed by atoms with van der Waals surface area (Å²) in [5.74, 6) is 1.33. The van der Waals surface area contributed by atoms with E-state index >= 15 is 0 Å². The lowest BCUT2D eigenvalue weighted by molar-refractivity contribution is 0.0628. The van der Waals surface area contributed by atoms with E-state index in [2.05, 4.69) is 11.0 Å². The van der Waals surface area contributed by atoms with E-state index in [0.29, 0.717) is 43.4 Å². The van der Waals surface area contributed by atoms with Gasteiger partial charge in [0.1, 0.15) is 0 Å². The number of ether oxygens (including phenoxy) is 2. The van der Waals surface area contributed by atoms with E-state index in [1.54, 1.807) is 6.07 Å². The number of rotatable bonds is 7. The molecule has 0 aromatic heterocycles. The fourth-order valence-corrected chi connectivity index (χ4v) is 3.58. The van der Waals surface area contributed by atoms with E-state index < -0.39 is 0 Å². The molecule has 0 atom stereocenters. The van der Waals surface area contributed by atoms with Crippen molar-refractivity contribution in [2.75, 3.05) is 39.4 Å². The van der Waals surface area contributed by atoms with E-state index in [0.717, 1.165) is 24.7 Å². The van der Waals surface area contributed by atoms with Crippen molar-refractivity contribution in [1.82, 2.24) is 9.80 Å². The quantitative estimate of drug-likeness (QED) is 0.699. The van der Waals surface area contributed by atoms with Gasteiger partial charge in [-0.3, -0.25) is 9.69 Å². The van der Waals surface area contributed by atoms with Crippen molar-refractivity contribution in [3.05, 3.63) is 58.6 Å². The van der Waals surface area contributed by atoms with Crippen molar-refractivity contribution in [2.24, 2.45) is 0 Å². The van der Waals surface area contributed by atoms with Gasteiger partial charge < -0.3 is 14.4 Å². The molecule has 0 unspecified atom stereocenters. The second kappa shape index (κ2) is 9.80. The first-order chi connectivity index (χ1) is 13.6. The number of piperazine rings is 1. The maximum atomic E-state index is 12.9. The Morgan fingerprint density at radius 3 is 2.36 bits per heavy atom. The summed E-state index contributed by atoms with van der Waals surface area (Å²) in [6.07, 6.45) is 0. The topological polar surface area (TPSA) is 42.0 Å². The highest BCUT2D eigenvalue weighted by Gasteiger charge is 2.23. The van der Waals surface area contributed by atoms with Crippen molar-refractivity contribution in [3.8, 4) is 11.5 Å². The number of carbonyl (C=O) groups excluding carboxylic acids is 1. The molecular weight excluding hydrogens is 376 g/mol. The summed E-state index contributed by atoms with van der Waals surface area (Å²) in [7, 11) is 0. The van der Waals surface area contributed by atoms with Crippen LogP contribution in [0.25, 0.3) is 0 Å². The second-order valence-electron chi connectivity index (χ2n) is 6.73. The number of amides is 1. The zero-order valence-corrected chi connectivity index (χ0v) is 17.2. The Balaban J connectivity index is 1.61. The fraction of sp³-hybridized carbons (Fsp3) is 0.409. The second-order valence-corrected chi connectivity index (χ2v) is 7.16. The molecule has 2 aromatic rings. The van der Waals surface area contributed by atoms with Gasteiger partial charge in [0.15, 0.2) is 11.5 Å². The molecule has 6 heteroatoms. The van der Waals surface area contributed by atoms with Crippen molar-refractivity contribution >= 4 is 17.5 Å². The Bertz CT molecular complexity index is 804. The van der Waals surface area contributed by atoms with Crippen molar-refractivity contribution in [2.45, 2.75) is 20.4 Å². The van der Waals surface area contributed by atoms with E-state index in [1.807, 2.05) is 49.1 Å². The first-order valence-corrected chi connectivity index (χ1v) is 10.1. The third kappa shape index (κ3) is 5.18. The van der Waals surface area contributed by atoms with Crippen LogP contribution in [0, 0.1) is 0 Å². The van der Waals surface area contributed by atoms with Crippen LogP contribution in [0.2, 0.25) is 5.02 Å². The maximum absolute atomic E-state index is 12.9. The van der Waals surface area contributed by atoms with Crippen LogP contribution in [0.5, 0.6) is 11.5 Å². The van der Waals surface area contributed by atoms with E-state index in [-0.39, 0.29) is 5.91 Å². The molecule has 28 heavy (non-hydrogen) atoms. The number of hydrogen-bond donors (Lipinski definition) is 0. The lowest BCUT2D eigenvalue weighted by atomic mass is 10.1. The van der Waals surface area contributed by atoms with Gasteiger partial charge in [-0.15, -0.1) is 0 Å². The predicted octanol–water partition coefficient (Wildman–Crippen LogP) is 4.10. The molecule has 5 nitrogen and oxygen atoms in total. The Morgan fingerprint density at radius 2 is 1.68 bits per heavy atom. The average Bonchev–Trinajstić information content (AvgIpc) is 2.70. The largest absolute Gasteiger partial charge is 0.490 e. The summed E-state index contributed by atoms with van der Waals surface area (Å²) in [5.41, 5.74) is 1.83. The van der Waals surface area contributed by atoms with Crippen LogP contribution in [-0.4, -0.2) is 55.1 Å². The average molecular weight is 403 g/mol. The summed E-state index contributed by atoms with van der Waals surface area (Å²) >= 11 is 6.07. The molecule has 1 heterocycles. The normalized spacial score (nSPS) is 14.8. The molecule has 1 amide bonds. The minimum Gasteiger partial charge on any atom is -0.490 e. The van der Waals surface area contributed by atoms with Crippen LogP contribution in [-0.2, 0) is 6.54 Å². The number of hydrogen-bond acceptors (Lipinski definition) is 4. The van der Waals surface area contributed by atoms with Gasteiger partial charge in [-0.2, -0.15) is 0 Å². The Morgan fingerprint density at radius 1 is 0.964 bits per heavy atom. The maximum Gasteiger partial charge on any atom is 0.254 e. The number of nitrogens with zero attached hydrogens (tertiary/aromatic N) is 2. The van der Waals surface area contributed by atoms with Gasteiger partial charge in [0.2, 0.25) is 0 Å². The molecule has 3 rings (SSSR count). The van der Waals surface area contributed by atoms with Crippen molar-refractivity contribution in [1.29, 1.82) is 0 Å². The highest BCUT2D eigenvalue weighted by molar-refractivity contribution is 6.30. The zero-order valence-electron chi connectivity index (χ0n) is 16.5.